The van der Waals surface area contributed by atoms with Gasteiger partial charge in [-0.1, -0.05) is 113 Å². The van der Waals surface area contributed by atoms with Crippen LogP contribution in [0.4, 0.5) is 0 Å². The Labute approximate surface area is 278 Å². The monoisotopic (exact) mass is 635 g/mol. The van der Waals surface area contributed by atoms with Crippen LogP contribution in [-0.4, -0.2) is 47.3 Å². The van der Waals surface area contributed by atoms with E-state index in [0.29, 0.717) is 18.3 Å². The molecule has 4 nitrogen and oxygen atoms in total. The van der Waals surface area contributed by atoms with Crippen molar-refractivity contribution < 1.29 is 9.59 Å². The zero-order chi connectivity index (χ0) is 32.8. The average Bonchev–Trinajstić information content (AvgIpc) is 3.11. The normalized spacial score (nSPS) is 12.2. The fraction of sp³-hybridized carbons (Fsp3) is 0.366. The van der Waals surface area contributed by atoms with Crippen LogP contribution in [0, 0.1) is 0 Å². The first kappa shape index (κ1) is 35.3. The molecule has 0 aliphatic carbocycles. The number of hydrogen-bond acceptors (Lipinski definition) is 3. The fourth-order valence-corrected chi connectivity index (χ4v) is 10.8. The van der Waals surface area contributed by atoms with Gasteiger partial charge in [-0.05, 0) is 81.2 Å². The van der Waals surface area contributed by atoms with Crippen LogP contribution in [-0.2, 0) is 11.0 Å². The van der Waals surface area contributed by atoms with Crippen molar-refractivity contribution in [2.24, 2.45) is 0 Å². The Morgan fingerprint density at radius 2 is 1.07 bits per heavy atom. The van der Waals surface area contributed by atoms with Crippen molar-refractivity contribution in [1.29, 1.82) is 0 Å². The molecule has 0 aliphatic rings. The van der Waals surface area contributed by atoms with Crippen molar-refractivity contribution in [3.8, 4) is 0 Å². The van der Waals surface area contributed by atoms with Crippen LogP contribution in [0.25, 0.3) is 0 Å². The lowest BCUT2D eigenvalue weighted by molar-refractivity contribution is -0.134. The molecule has 4 rings (SSSR count). The van der Waals surface area contributed by atoms with Gasteiger partial charge in [-0.15, -0.1) is 0 Å². The third-order valence-electron chi connectivity index (χ3n) is 8.80. The van der Waals surface area contributed by atoms with Gasteiger partial charge >= 0.3 is 0 Å². The predicted molar refractivity (Wildman–Crippen MR) is 197 cm³/mol. The fourth-order valence-electron chi connectivity index (χ4n) is 6.58. The molecular weight excluding hydrogens is 583 g/mol. The number of unbranched alkanes of at least 4 members (excludes halogenated alkanes) is 1. The molecule has 0 heterocycles. The molecule has 4 aromatic rings. The molecule has 0 N–H and O–H groups in total. The number of rotatable bonds is 17. The van der Waals surface area contributed by atoms with Crippen LogP contribution in [0.5, 0.6) is 0 Å². The molecule has 0 aromatic heterocycles. The Bertz CT molecular complexity index is 1390. The highest BCUT2D eigenvalue weighted by atomic mass is 31.2. The molecular formula is C41H52N2O2P+. The van der Waals surface area contributed by atoms with Gasteiger partial charge in [0.25, 0.3) is 5.91 Å². The minimum absolute atomic E-state index is 0.0489. The van der Waals surface area contributed by atoms with Gasteiger partial charge in [-0.25, -0.2) is 0 Å². The second-order valence-corrected chi connectivity index (χ2v) is 15.6. The topological polar surface area (TPSA) is 40.6 Å². The standard InChI is InChI=1S/C41H52N2O2P/c1-5-9-32-43(41(45)39(21-6-2)42(30-7-3)31-8-4)40(44)38-29-20-19-22-34(38)33-46(35-23-13-10-14-24-35,36-25-15-11-16-26-36)37-27-17-12-18-28-37/h10-20,22-29,39H,5-9,21,30-33H2,1-4H3/q+1. The van der Waals surface area contributed by atoms with Crippen LogP contribution in [0.2, 0.25) is 0 Å². The number of amides is 2. The van der Waals surface area contributed by atoms with Crippen LogP contribution < -0.4 is 15.9 Å². The minimum atomic E-state index is -2.24. The maximum Gasteiger partial charge on any atom is 0.260 e. The van der Waals surface area contributed by atoms with Crippen molar-refractivity contribution in [2.75, 3.05) is 19.6 Å². The van der Waals surface area contributed by atoms with Gasteiger partial charge in [0.1, 0.15) is 23.2 Å². The van der Waals surface area contributed by atoms with E-state index in [1.165, 1.54) is 15.9 Å². The van der Waals surface area contributed by atoms with Gasteiger partial charge in [0.2, 0.25) is 5.91 Å². The third kappa shape index (κ3) is 8.21. The first-order valence-corrected chi connectivity index (χ1v) is 19.2. The molecule has 242 valence electrons. The van der Waals surface area contributed by atoms with E-state index in [1.807, 2.05) is 18.2 Å². The molecule has 4 aromatic carbocycles. The van der Waals surface area contributed by atoms with Gasteiger partial charge in [0.05, 0.1) is 12.2 Å². The number of carbonyl (C=O) groups is 2. The van der Waals surface area contributed by atoms with E-state index in [9.17, 15) is 9.59 Å². The largest absolute Gasteiger partial charge is 0.292 e. The Kier molecular flexibility index (Phi) is 13.7. The predicted octanol–water partition coefficient (Wildman–Crippen LogP) is 8.24. The highest BCUT2D eigenvalue weighted by Crippen LogP contribution is 2.58. The SMILES string of the molecule is CCCCN(C(=O)c1ccccc1C[P+](c1ccccc1)(c1ccccc1)c1ccccc1)C(=O)C(CCC)N(CCC)CCC. The summed E-state index contributed by atoms with van der Waals surface area (Å²) in [7, 11) is -2.24. The van der Waals surface area contributed by atoms with E-state index in [1.54, 1.807) is 4.90 Å². The molecule has 2 amide bonds. The van der Waals surface area contributed by atoms with Crippen molar-refractivity contribution in [3.63, 3.8) is 0 Å². The summed E-state index contributed by atoms with van der Waals surface area (Å²) in [5.74, 6) is -0.220. The van der Waals surface area contributed by atoms with Crippen LogP contribution in [0.15, 0.2) is 115 Å². The average molecular weight is 636 g/mol. The lowest BCUT2D eigenvalue weighted by atomic mass is 10.0. The van der Waals surface area contributed by atoms with E-state index >= 15 is 0 Å². The van der Waals surface area contributed by atoms with E-state index in [4.69, 9.17) is 0 Å². The zero-order valence-corrected chi connectivity index (χ0v) is 29.2. The van der Waals surface area contributed by atoms with Gasteiger partial charge < -0.3 is 0 Å². The van der Waals surface area contributed by atoms with Gasteiger partial charge in [0.15, 0.2) is 0 Å². The molecule has 0 aliphatic heterocycles. The molecule has 0 bridgehead atoms. The lowest BCUT2D eigenvalue weighted by Crippen LogP contribution is -2.51. The maximum absolute atomic E-state index is 14.8. The second-order valence-electron chi connectivity index (χ2n) is 12.1. The third-order valence-corrected chi connectivity index (χ3v) is 13.2. The number of carbonyl (C=O) groups excluding carboxylic acids is 2. The van der Waals surface area contributed by atoms with E-state index in [2.05, 4.69) is 130 Å². The smallest absolute Gasteiger partial charge is 0.260 e. The first-order valence-electron chi connectivity index (χ1n) is 17.2. The lowest BCUT2D eigenvalue weighted by Gasteiger charge is -2.34. The number of imide groups is 1. The minimum Gasteiger partial charge on any atom is -0.292 e. The molecule has 0 radical (unpaired) electrons. The Hall–Kier alpha value is -3.59. The van der Waals surface area contributed by atoms with Crippen molar-refractivity contribution in [1.82, 2.24) is 9.80 Å². The summed E-state index contributed by atoms with van der Waals surface area (Å²) < 4.78 is 0. The number of hydrogen-bond donors (Lipinski definition) is 0. The Morgan fingerprint density at radius 3 is 1.52 bits per heavy atom. The van der Waals surface area contributed by atoms with Crippen molar-refractivity contribution >= 4 is 35.0 Å². The zero-order valence-electron chi connectivity index (χ0n) is 28.3. The van der Waals surface area contributed by atoms with Gasteiger partial charge in [-0.2, -0.15) is 0 Å². The summed E-state index contributed by atoms with van der Waals surface area (Å²) in [4.78, 5) is 33.1. The summed E-state index contributed by atoms with van der Waals surface area (Å²) in [5, 5.41) is 3.81. The molecule has 1 atom stereocenters. The summed E-state index contributed by atoms with van der Waals surface area (Å²) in [5.41, 5.74) is 1.62. The Morgan fingerprint density at radius 1 is 0.587 bits per heavy atom. The summed E-state index contributed by atoms with van der Waals surface area (Å²) in [6.45, 7) is 10.7. The number of benzene rings is 4. The summed E-state index contributed by atoms with van der Waals surface area (Å²) in [6.07, 6.45) is 5.97. The van der Waals surface area contributed by atoms with E-state index in [0.717, 1.165) is 57.2 Å². The van der Waals surface area contributed by atoms with Crippen molar-refractivity contribution in [3.05, 3.63) is 126 Å². The maximum atomic E-state index is 14.8. The highest BCUT2D eigenvalue weighted by molar-refractivity contribution is 7.95. The first-order chi connectivity index (χ1) is 22.5. The number of nitrogens with zero attached hydrogens (tertiary/aromatic N) is 2. The van der Waals surface area contributed by atoms with Crippen LogP contribution >= 0.6 is 7.26 Å². The molecule has 0 fully saturated rings. The molecule has 1 unspecified atom stereocenters. The van der Waals surface area contributed by atoms with Crippen LogP contribution in [0.1, 0.15) is 82.1 Å². The molecule has 5 heteroatoms. The highest BCUT2D eigenvalue weighted by Gasteiger charge is 2.46. The molecule has 46 heavy (non-hydrogen) atoms. The van der Waals surface area contributed by atoms with E-state index in [-0.39, 0.29) is 17.9 Å². The quantitative estimate of drug-likeness (QED) is 0.110. The summed E-state index contributed by atoms with van der Waals surface area (Å²) in [6, 6.07) is 40.0. The van der Waals surface area contributed by atoms with Gasteiger partial charge in [0, 0.05) is 17.7 Å². The van der Waals surface area contributed by atoms with Crippen molar-refractivity contribution in [2.45, 2.75) is 78.4 Å². The van der Waals surface area contributed by atoms with E-state index < -0.39 is 7.26 Å². The Balaban J connectivity index is 1.85. The van der Waals surface area contributed by atoms with Crippen LogP contribution in [0.3, 0.4) is 0 Å². The second kappa shape index (κ2) is 17.9. The molecule has 0 saturated heterocycles. The molecule has 0 spiro atoms. The van der Waals surface area contributed by atoms with Gasteiger partial charge in [-0.3, -0.25) is 19.4 Å². The molecule has 0 saturated carbocycles. The summed E-state index contributed by atoms with van der Waals surface area (Å²) >= 11 is 0.